The van der Waals surface area contributed by atoms with Crippen LogP contribution in [-0.2, 0) is 0 Å². The molecule has 90 valence electrons. The highest BCUT2D eigenvalue weighted by molar-refractivity contribution is 6.06. The monoisotopic (exact) mass is 238 g/mol. The largest absolute Gasteiger partial charge is 0.385 e. The Morgan fingerprint density at radius 1 is 1.35 bits per heavy atom. The van der Waals surface area contributed by atoms with Crippen molar-refractivity contribution in [3.05, 3.63) is 47.7 Å². The second-order valence-corrected chi connectivity index (χ2v) is 3.29. The summed E-state index contributed by atoms with van der Waals surface area (Å²) in [4.78, 5) is 10.4. The van der Waals surface area contributed by atoms with Gasteiger partial charge in [-0.1, -0.05) is 24.3 Å². The highest BCUT2D eigenvalue weighted by atomic mass is 19.3. The second-order valence-electron chi connectivity index (χ2n) is 3.29. The van der Waals surface area contributed by atoms with E-state index >= 15 is 0 Å². The fraction of sp³-hybridized carbons (Fsp3) is 0.167. The van der Waals surface area contributed by atoms with E-state index in [4.69, 9.17) is 5.41 Å². The lowest BCUT2D eigenvalue weighted by Gasteiger charge is -2.00. The molecule has 17 heavy (non-hydrogen) atoms. The Hall–Kier alpha value is -2.04. The first-order chi connectivity index (χ1) is 8.13. The molecule has 0 bridgehead atoms. The molecule has 3 nitrogen and oxygen atoms in total. The third kappa shape index (κ3) is 4.55. The zero-order chi connectivity index (χ0) is 12.7. The number of carbonyl (C=O) groups excluding carboxylic acids is 1. The summed E-state index contributed by atoms with van der Waals surface area (Å²) in [5.74, 6) is 0. The van der Waals surface area contributed by atoms with Gasteiger partial charge in [0.15, 0.2) is 0 Å². The average molecular weight is 238 g/mol. The average Bonchev–Trinajstić information content (AvgIpc) is 2.34. The van der Waals surface area contributed by atoms with Crippen LogP contribution < -0.4 is 5.32 Å². The summed E-state index contributed by atoms with van der Waals surface area (Å²) in [6.45, 7) is -0.437. The Balaban J connectivity index is 2.54. The minimum absolute atomic E-state index is 0.184. The van der Waals surface area contributed by atoms with Gasteiger partial charge in [0.25, 0.3) is 6.43 Å². The molecule has 0 aliphatic heterocycles. The van der Waals surface area contributed by atoms with Crippen molar-refractivity contribution in [2.75, 3.05) is 6.54 Å². The molecule has 0 spiro atoms. The third-order valence-electron chi connectivity index (χ3n) is 2.00. The van der Waals surface area contributed by atoms with Crippen LogP contribution in [0.3, 0.4) is 0 Å². The molecule has 2 N–H and O–H groups in total. The molecular weight excluding hydrogens is 226 g/mol. The van der Waals surface area contributed by atoms with Crippen LogP contribution >= 0.6 is 0 Å². The van der Waals surface area contributed by atoms with Crippen LogP contribution in [0.1, 0.15) is 15.9 Å². The number of rotatable bonds is 6. The fourth-order valence-electron chi connectivity index (χ4n) is 1.14. The molecule has 0 radical (unpaired) electrons. The van der Waals surface area contributed by atoms with Crippen molar-refractivity contribution < 1.29 is 13.6 Å². The van der Waals surface area contributed by atoms with E-state index in [0.717, 1.165) is 0 Å². The smallest absolute Gasteiger partial charge is 0.255 e. The number of alkyl halides is 2. The molecule has 0 fully saturated rings. The highest BCUT2D eigenvalue weighted by Crippen LogP contribution is 2.04. The molecular formula is C12H12F2N2O. The van der Waals surface area contributed by atoms with Gasteiger partial charge in [0.1, 0.15) is 6.29 Å². The van der Waals surface area contributed by atoms with Gasteiger partial charge in [0, 0.05) is 5.56 Å². The number of nitrogens with one attached hydrogen (secondary N) is 2. The van der Waals surface area contributed by atoms with Crippen molar-refractivity contribution in [3.8, 4) is 0 Å². The first-order valence-corrected chi connectivity index (χ1v) is 4.95. The van der Waals surface area contributed by atoms with Gasteiger partial charge < -0.3 is 10.7 Å². The SMILES string of the molecule is N=C(/C=C\NCC(F)F)c1ccc(C=O)cc1. The molecule has 1 rings (SSSR count). The van der Waals surface area contributed by atoms with E-state index < -0.39 is 13.0 Å². The molecule has 0 aromatic heterocycles. The number of carbonyl (C=O) groups is 1. The van der Waals surface area contributed by atoms with Crippen molar-refractivity contribution in [2.45, 2.75) is 6.43 Å². The molecule has 0 heterocycles. The predicted octanol–water partition coefficient (Wildman–Crippen LogP) is 2.24. The van der Waals surface area contributed by atoms with Gasteiger partial charge in [0.05, 0.1) is 12.3 Å². The standard InChI is InChI=1S/C12H12F2N2O/c13-12(14)7-16-6-5-11(15)10-3-1-9(8-17)2-4-10/h1-6,8,12,15-16H,7H2/b6-5-,15-11?. The Morgan fingerprint density at radius 3 is 2.53 bits per heavy atom. The first-order valence-electron chi connectivity index (χ1n) is 4.95. The van der Waals surface area contributed by atoms with E-state index in [2.05, 4.69) is 5.32 Å². The van der Waals surface area contributed by atoms with Crippen molar-refractivity contribution in [1.82, 2.24) is 5.32 Å². The minimum Gasteiger partial charge on any atom is -0.385 e. The van der Waals surface area contributed by atoms with Crippen LogP contribution in [0.25, 0.3) is 0 Å². The van der Waals surface area contributed by atoms with Crippen molar-refractivity contribution in [2.24, 2.45) is 0 Å². The van der Waals surface area contributed by atoms with Crippen LogP contribution in [0.4, 0.5) is 8.78 Å². The Labute approximate surface area is 97.7 Å². The minimum atomic E-state index is -2.42. The van der Waals surface area contributed by atoms with Crippen LogP contribution in [0, 0.1) is 5.41 Å². The second kappa shape index (κ2) is 6.52. The van der Waals surface area contributed by atoms with Crippen molar-refractivity contribution >= 4 is 12.0 Å². The van der Waals surface area contributed by atoms with Crippen LogP contribution in [0.2, 0.25) is 0 Å². The summed E-state index contributed by atoms with van der Waals surface area (Å²) in [5, 5.41) is 10.0. The summed E-state index contributed by atoms with van der Waals surface area (Å²) >= 11 is 0. The summed E-state index contributed by atoms with van der Waals surface area (Å²) in [5.41, 5.74) is 1.33. The number of halogens is 2. The Bertz CT molecular complexity index is 413. The Kier molecular flexibility index (Phi) is 5.00. The van der Waals surface area contributed by atoms with E-state index in [1.165, 1.54) is 12.3 Å². The van der Waals surface area contributed by atoms with Gasteiger partial charge in [-0.25, -0.2) is 8.78 Å². The molecule has 5 heteroatoms. The maximum Gasteiger partial charge on any atom is 0.255 e. The molecule has 1 aromatic carbocycles. The van der Waals surface area contributed by atoms with Crippen molar-refractivity contribution in [3.63, 3.8) is 0 Å². The zero-order valence-electron chi connectivity index (χ0n) is 8.99. The van der Waals surface area contributed by atoms with Crippen molar-refractivity contribution in [1.29, 1.82) is 5.41 Å². The number of benzene rings is 1. The van der Waals surface area contributed by atoms with E-state index in [9.17, 15) is 13.6 Å². The lowest BCUT2D eigenvalue weighted by atomic mass is 10.1. The van der Waals surface area contributed by atoms with Crippen LogP contribution in [-0.4, -0.2) is 25.0 Å². The normalized spacial score (nSPS) is 10.8. The quantitative estimate of drug-likeness (QED) is 0.590. The summed E-state index contributed by atoms with van der Waals surface area (Å²) < 4.78 is 23.6. The Morgan fingerprint density at radius 2 is 2.00 bits per heavy atom. The number of hydrogen-bond acceptors (Lipinski definition) is 3. The van der Waals surface area contributed by atoms with E-state index in [-0.39, 0.29) is 5.71 Å². The molecule has 0 amide bonds. The van der Waals surface area contributed by atoms with Gasteiger partial charge in [-0.3, -0.25) is 4.79 Å². The lowest BCUT2D eigenvalue weighted by molar-refractivity contribution is 0.112. The lowest BCUT2D eigenvalue weighted by Crippen LogP contribution is -2.15. The maximum atomic E-state index is 11.8. The van der Waals surface area contributed by atoms with E-state index in [1.807, 2.05) is 0 Å². The predicted molar refractivity (Wildman–Crippen MR) is 61.8 cm³/mol. The molecule has 0 unspecified atom stereocenters. The zero-order valence-corrected chi connectivity index (χ0v) is 8.99. The van der Waals surface area contributed by atoms with Gasteiger partial charge in [-0.05, 0) is 17.8 Å². The number of hydrogen-bond donors (Lipinski definition) is 2. The highest BCUT2D eigenvalue weighted by Gasteiger charge is 1.99. The van der Waals surface area contributed by atoms with Crippen LogP contribution in [0.15, 0.2) is 36.5 Å². The van der Waals surface area contributed by atoms with Gasteiger partial charge >= 0.3 is 0 Å². The fourth-order valence-corrected chi connectivity index (χ4v) is 1.14. The van der Waals surface area contributed by atoms with Gasteiger partial charge in [-0.15, -0.1) is 0 Å². The molecule has 1 aromatic rings. The van der Waals surface area contributed by atoms with Crippen LogP contribution in [0.5, 0.6) is 0 Å². The maximum absolute atomic E-state index is 11.8. The first kappa shape index (κ1) is 13.0. The molecule has 0 atom stereocenters. The molecule has 0 aliphatic rings. The van der Waals surface area contributed by atoms with Gasteiger partial charge in [-0.2, -0.15) is 0 Å². The van der Waals surface area contributed by atoms with Gasteiger partial charge in [0.2, 0.25) is 0 Å². The summed E-state index contributed by atoms with van der Waals surface area (Å²) in [7, 11) is 0. The third-order valence-corrected chi connectivity index (χ3v) is 2.00. The topological polar surface area (TPSA) is 53.0 Å². The molecule has 0 aliphatic carbocycles. The summed E-state index contributed by atoms with van der Waals surface area (Å²) in [6.07, 6.45) is 0.995. The summed E-state index contributed by atoms with van der Waals surface area (Å²) in [6, 6.07) is 6.45. The van der Waals surface area contributed by atoms with E-state index in [0.29, 0.717) is 17.4 Å². The number of allylic oxidation sites excluding steroid dienone is 1. The van der Waals surface area contributed by atoms with E-state index in [1.54, 1.807) is 24.3 Å². The number of aldehydes is 1. The molecule has 0 saturated carbocycles. The molecule has 0 saturated heterocycles.